The number of nitrogens with zero attached hydrogens (tertiary/aromatic N) is 3. The number of methoxy groups -OCH3 is 2. The summed E-state index contributed by atoms with van der Waals surface area (Å²) in [6.07, 6.45) is 2.67. The molecule has 8 heteroatoms. The number of hydrogen-bond acceptors (Lipinski definition) is 6. The Bertz CT molecular complexity index is 1140. The van der Waals surface area contributed by atoms with E-state index in [0.717, 1.165) is 17.7 Å². The van der Waals surface area contributed by atoms with E-state index in [1.807, 2.05) is 35.2 Å². The highest BCUT2D eigenvalue weighted by Crippen LogP contribution is 2.29. The molecule has 1 aliphatic rings. The van der Waals surface area contributed by atoms with Crippen LogP contribution in [0.1, 0.15) is 23.7 Å². The van der Waals surface area contributed by atoms with Gasteiger partial charge in [-0.15, -0.1) is 0 Å². The fraction of sp³-hybridized carbons (Fsp3) is 0.304. The van der Waals surface area contributed by atoms with E-state index in [2.05, 4.69) is 15.0 Å². The fourth-order valence-electron chi connectivity index (χ4n) is 3.84. The SMILES string of the molecule is COc1cccc(CC(=O)N2CCC(c3nc(-c4cccnc4OC)cc(=O)[nH]3)C2)c1. The van der Waals surface area contributed by atoms with Crippen molar-refractivity contribution in [3.8, 4) is 22.9 Å². The van der Waals surface area contributed by atoms with E-state index >= 15 is 0 Å². The molecule has 1 aromatic carbocycles. The number of carbonyl (C=O) groups is 1. The van der Waals surface area contributed by atoms with Crippen LogP contribution in [0.15, 0.2) is 53.5 Å². The number of H-pyrrole nitrogens is 1. The van der Waals surface area contributed by atoms with Crippen LogP contribution in [0.3, 0.4) is 0 Å². The summed E-state index contributed by atoms with van der Waals surface area (Å²) in [7, 11) is 3.14. The van der Waals surface area contributed by atoms with Gasteiger partial charge < -0.3 is 19.4 Å². The van der Waals surface area contributed by atoms with Gasteiger partial charge >= 0.3 is 0 Å². The molecule has 1 amide bonds. The van der Waals surface area contributed by atoms with E-state index in [0.29, 0.717) is 42.5 Å². The van der Waals surface area contributed by atoms with E-state index in [9.17, 15) is 9.59 Å². The third-order valence-corrected chi connectivity index (χ3v) is 5.42. The third kappa shape index (κ3) is 4.58. The molecule has 0 spiro atoms. The van der Waals surface area contributed by atoms with Gasteiger partial charge in [-0.1, -0.05) is 12.1 Å². The number of benzene rings is 1. The van der Waals surface area contributed by atoms with Crippen LogP contribution in [0.5, 0.6) is 11.6 Å². The average Bonchev–Trinajstić information content (AvgIpc) is 3.29. The summed E-state index contributed by atoms with van der Waals surface area (Å²) in [6, 6.07) is 12.5. The third-order valence-electron chi connectivity index (χ3n) is 5.42. The minimum absolute atomic E-state index is 0.0374. The number of rotatable bonds is 6. The second-order valence-electron chi connectivity index (χ2n) is 7.43. The molecule has 1 N–H and O–H groups in total. The molecule has 1 saturated heterocycles. The standard InChI is InChI=1S/C23H24N4O4/c1-30-17-6-3-5-15(11-17)12-21(29)27-10-8-16(14-27)22-25-19(13-20(28)26-22)18-7-4-9-24-23(18)31-2/h3-7,9,11,13,16H,8,10,12,14H2,1-2H3,(H,25,26,28). The van der Waals surface area contributed by atoms with Crippen molar-refractivity contribution in [1.29, 1.82) is 0 Å². The van der Waals surface area contributed by atoms with E-state index in [1.54, 1.807) is 19.4 Å². The Morgan fingerprint density at radius 3 is 2.87 bits per heavy atom. The Kier molecular flexibility index (Phi) is 5.97. The van der Waals surface area contributed by atoms with Crippen LogP contribution in [-0.2, 0) is 11.2 Å². The maximum atomic E-state index is 12.8. The number of likely N-dealkylation sites (tertiary alicyclic amines) is 1. The predicted molar refractivity (Wildman–Crippen MR) is 115 cm³/mol. The number of carbonyl (C=O) groups excluding carboxylic acids is 1. The molecule has 0 saturated carbocycles. The molecule has 31 heavy (non-hydrogen) atoms. The van der Waals surface area contributed by atoms with Gasteiger partial charge in [0.2, 0.25) is 11.8 Å². The lowest BCUT2D eigenvalue weighted by molar-refractivity contribution is -0.129. The van der Waals surface area contributed by atoms with Crippen LogP contribution in [0.25, 0.3) is 11.3 Å². The molecular formula is C23H24N4O4. The molecule has 160 valence electrons. The number of amides is 1. The first-order valence-corrected chi connectivity index (χ1v) is 10.1. The number of hydrogen-bond donors (Lipinski definition) is 1. The lowest BCUT2D eigenvalue weighted by Crippen LogP contribution is -2.30. The van der Waals surface area contributed by atoms with Crippen molar-refractivity contribution >= 4 is 5.91 Å². The van der Waals surface area contributed by atoms with Gasteiger partial charge in [-0.25, -0.2) is 9.97 Å². The first-order valence-electron chi connectivity index (χ1n) is 10.1. The van der Waals surface area contributed by atoms with Crippen LogP contribution in [-0.4, -0.2) is 53.1 Å². The topological polar surface area (TPSA) is 97.4 Å². The van der Waals surface area contributed by atoms with Crippen molar-refractivity contribution < 1.29 is 14.3 Å². The maximum Gasteiger partial charge on any atom is 0.251 e. The van der Waals surface area contributed by atoms with E-state index in [-0.39, 0.29) is 17.4 Å². The second-order valence-corrected chi connectivity index (χ2v) is 7.43. The molecule has 1 unspecified atom stereocenters. The summed E-state index contributed by atoms with van der Waals surface area (Å²) < 4.78 is 10.5. The van der Waals surface area contributed by atoms with E-state index in [1.165, 1.54) is 13.2 Å². The molecule has 0 bridgehead atoms. The Balaban J connectivity index is 1.50. The van der Waals surface area contributed by atoms with Crippen molar-refractivity contribution in [2.24, 2.45) is 0 Å². The molecule has 0 aliphatic carbocycles. The number of aromatic amines is 1. The Labute approximate surface area is 179 Å². The zero-order chi connectivity index (χ0) is 21.8. The highest BCUT2D eigenvalue weighted by Gasteiger charge is 2.29. The predicted octanol–water partition coefficient (Wildman–Crippen LogP) is 2.41. The minimum atomic E-state index is -0.243. The smallest absolute Gasteiger partial charge is 0.251 e. The minimum Gasteiger partial charge on any atom is -0.497 e. The number of ether oxygens (including phenoxy) is 2. The Morgan fingerprint density at radius 1 is 1.19 bits per heavy atom. The summed E-state index contributed by atoms with van der Waals surface area (Å²) in [5.41, 5.74) is 1.82. The molecule has 1 fully saturated rings. The molecule has 4 rings (SSSR count). The number of aromatic nitrogens is 3. The second kappa shape index (κ2) is 8.99. The first-order chi connectivity index (χ1) is 15.1. The van der Waals surface area contributed by atoms with Crippen LogP contribution in [0, 0.1) is 0 Å². The number of pyridine rings is 1. The van der Waals surface area contributed by atoms with Gasteiger partial charge in [-0.05, 0) is 36.2 Å². The summed E-state index contributed by atoms with van der Waals surface area (Å²) in [6.45, 7) is 1.14. The van der Waals surface area contributed by atoms with Gasteiger partial charge in [0.15, 0.2) is 0 Å². The normalized spacial score (nSPS) is 15.7. The molecule has 2 aromatic heterocycles. The summed E-state index contributed by atoms with van der Waals surface area (Å²) in [5, 5.41) is 0. The highest BCUT2D eigenvalue weighted by atomic mass is 16.5. The molecular weight excluding hydrogens is 396 g/mol. The van der Waals surface area contributed by atoms with Gasteiger partial charge in [0.25, 0.3) is 5.56 Å². The van der Waals surface area contributed by atoms with Crippen LogP contribution in [0.4, 0.5) is 0 Å². The van der Waals surface area contributed by atoms with Crippen molar-refractivity contribution in [3.63, 3.8) is 0 Å². The Morgan fingerprint density at radius 2 is 2.06 bits per heavy atom. The van der Waals surface area contributed by atoms with Gasteiger partial charge in [-0.3, -0.25) is 9.59 Å². The first kappa shape index (κ1) is 20.6. The van der Waals surface area contributed by atoms with Crippen LogP contribution >= 0.6 is 0 Å². The quantitative estimate of drug-likeness (QED) is 0.658. The molecule has 3 heterocycles. The molecule has 8 nitrogen and oxygen atoms in total. The summed E-state index contributed by atoms with van der Waals surface area (Å²) >= 11 is 0. The van der Waals surface area contributed by atoms with Crippen molar-refractivity contribution in [3.05, 3.63) is 70.4 Å². The summed E-state index contributed by atoms with van der Waals surface area (Å²) in [4.78, 5) is 38.6. The molecule has 1 aliphatic heterocycles. The van der Waals surface area contributed by atoms with Gasteiger partial charge in [-0.2, -0.15) is 0 Å². The fourth-order valence-corrected chi connectivity index (χ4v) is 3.84. The summed E-state index contributed by atoms with van der Waals surface area (Å²) in [5.74, 6) is 1.72. The zero-order valence-electron chi connectivity index (χ0n) is 17.5. The Hall–Kier alpha value is -3.68. The van der Waals surface area contributed by atoms with Crippen molar-refractivity contribution in [1.82, 2.24) is 19.9 Å². The lowest BCUT2D eigenvalue weighted by Gasteiger charge is -2.17. The zero-order valence-corrected chi connectivity index (χ0v) is 17.5. The average molecular weight is 420 g/mol. The van der Waals surface area contributed by atoms with Gasteiger partial charge in [0.1, 0.15) is 11.6 Å². The van der Waals surface area contributed by atoms with Crippen molar-refractivity contribution in [2.45, 2.75) is 18.8 Å². The molecule has 3 aromatic rings. The number of nitrogens with one attached hydrogen (secondary N) is 1. The van der Waals surface area contributed by atoms with Crippen LogP contribution < -0.4 is 15.0 Å². The van der Waals surface area contributed by atoms with Gasteiger partial charge in [0, 0.05) is 31.3 Å². The van der Waals surface area contributed by atoms with E-state index < -0.39 is 0 Å². The monoisotopic (exact) mass is 420 g/mol. The van der Waals surface area contributed by atoms with Crippen molar-refractivity contribution in [2.75, 3.05) is 27.3 Å². The van der Waals surface area contributed by atoms with Gasteiger partial charge in [0.05, 0.1) is 31.9 Å². The van der Waals surface area contributed by atoms with E-state index in [4.69, 9.17) is 9.47 Å². The molecule has 0 radical (unpaired) electrons. The lowest BCUT2D eigenvalue weighted by atomic mass is 10.1. The van der Waals surface area contributed by atoms with Crippen LogP contribution in [0.2, 0.25) is 0 Å². The maximum absolute atomic E-state index is 12.8. The highest BCUT2D eigenvalue weighted by molar-refractivity contribution is 5.79. The largest absolute Gasteiger partial charge is 0.497 e. The molecule has 1 atom stereocenters.